The van der Waals surface area contributed by atoms with Gasteiger partial charge in [0.05, 0.1) is 5.69 Å². The van der Waals surface area contributed by atoms with E-state index in [0.717, 1.165) is 5.56 Å². The van der Waals surface area contributed by atoms with Crippen LogP contribution in [-0.2, 0) is 4.79 Å². The molecule has 0 aliphatic carbocycles. The lowest BCUT2D eigenvalue weighted by atomic mass is 10.1. The summed E-state index contributed by atoms with van der Waals surface area (Å²) in [5, 5.41) is 5.33. The van der Waals surface area contributed by atoms with E-state index >= 15 is 0 Å². The van der Waals surface area contributed by atoms with Crippen molar-refractivity contribution < 1.29 is 14.3 Å². The quantitative estimate of drug-likeness (QED) is 0.673. The third-order valence-electron chi connectivity index (χ3n) is 3.62. The SMILES string of the molecule is CNC(=O)c1cc(Oc2cc(C)ccc2NC(=O)C(C)CN)ccn1.Cl.Cl. The number of pyridine rings is 1. The van der Waals surface area contributed by atoms with Crippen LogP contribution in [0.5, 0.6) is 11.5 Å². The summed E-state index contributed by atoms with van der Waals surface area (Å²) in [7, 11) is 1.53. The van der Waals surface area contributed by atoms with E-state index in [0.29, 0.717) is 17.2 Å². The maximum Gasteiger partial charge on any atom is 0.269 e. The maximum atomic E-state index is 12.1. The van der Waals surface area contributed by atoms with Gasteiger partial charge >= 0.3 is 0 Å². The van der Waals surface area contributed by atoms with Crippen molar-refractivity contribution in [2.75, 3.05) is 18.9 Å². The lowest BCUT2D eigenvalue weighted by Gasteiger charge is -2.15. The number of hydrogen-bond donors (Lipinski definition) is 3. The smallest absolute Gasteiger partial charge is 0.269 e. The number of halogens is 2. The zero-order chi connectivity index (χ0) is 18.4. The maximum absolute atomic E-state index is 12.1. The number of nitrogens with zero attached hydrogens (tertiary/aromatic N) is 1. The van der Waals surface area contributed by atoms with Gasteiger partial charge in [-0.15, -0.1) is 24.8 Å². The van der Waals surface area contributed by atoms with Crippen LogP contribution in [0.4, 0.5) is 5.69 Å². The molecule has 1 atom stereocenters. The van der Waals surface area contributed by atoms with Crippen LogP contribution in [0, 0.1) is 12.8 Å². The predicted molar refractivity (Wildman–Crippen MR) is 110 cm³/mol. The second kappa shape index (κ2) is 11.4. The molecule has 1 unspecified atom stereocenters. The number of hydrogen-bond acceptors (Lipinski definition) is 5. The zero-order valence-corrected chi connectivity index (χ0v) is 16.9. The third kappa shape index (κ3) is 6.71. The molecule has 0 spiro atoms. The first-order valence-electron chi connectivity index (χ1n) is 7.92. The summed E-state index contributed by atoms with van der Waals surface area (Å²) in [6.45, 7) is 3.93. The molecule has 0 aliphatic rings. The topological polar surface area (TPSA) is 106 Å². The van der Waals surface area contributed by atoms with Crippen molar-refractivity contribution in [1.82, 2.24) is 10.3 Å². The Kier molecular flexibility index (Phi) is 10.4. The average molecular weight is 415 g/mol. The molecule has 0 radical (unpaired) electrons. The number of rotatable bonds is 6. The number of aryl methyl sites for hydroxylation is 1. The van der Waals surface area contributed by atoms with Crippen molar-refractivity contribution in [2.45, 2.75) is 13.8 Å². The van der Waals surface area contributed by atoms with Gasteiger partial charge in [-0.3, -0.25) is 14.6 Å². The molecule has 0 saturated heterocycles. The lowest BCUT2D eigenvalue weighted by Crippen LogP contribution is -2.26. The van der Waals surface area contributed by atoms with E-state index in [9.17, 15) is 9.59 Å². The molecule has 1 aromatic heterocycles. The number of amides is 2. The highest BCUT2D eigenvalue weighted by Crippen LogP contribution is 2.31. The number of nitrogens with one attached hydrogen (secondary N) is 2. The second-order valence-corrected chi connectivity index (χ2v) is 5.68. The highest BCUT2D eigenvalue weighted by Gasteiger charge is 2.15. The summed E-state index contributed by atoms with van der Waals surface area (Å²) in [4.78, 5) is 27.8. The molecule has 2 amide bonds. The van der Waals surface area contributed by atoms with Gasteiger partial charge in [0.15, 0.2) is 5.75 Å². The van der Waals surface area contributed by atoms with Crippen molar-refractivity contribution in [1.29, 1.82) is 0 Å². The minimum Gasteiger partial charge on any atom is -0.455 e. The molecular formula is C18H24Cl2N4O3. The first-order valence-corrected chi connectivity index (χ1v) is 7.92. The monoisotopic (exact) mass is 414 g/mol. The molecule has 2 rings (SSSR count). The summed E-state index contributed by atoms with van der Waals surface area (Å²) in [5.41, 5.74) is 7.29. The van der Waals surface area contributed by atoms with E-state index in [1.165, 1.54) is 19.3 Å². The van der Waals surface area contributed by atoms with Crippen LogP contribution in [-0.4, -0.2) is 30.4 Å². The Balaban J connectivity index is 0.00000338. The fourth-order valence-electron chi connectivity index (χ4n) is 2.03. The van der Waals surface area contributed by atoms with E-state index in [4.69, 9.17) is 10.5 Å². The molecule has 2 aromatic rings. The Hall–Kier alpha value is -2.35. The molecule has 0 aliphatic heterocycles. The molecule has 4 N–H and O–H groups in total. The van der Waals surface area contributed by atoms with Gasteiger partial charge in [-0.2, -0.15) is 0 Å². The fourth-order valence-corrected chi connectivity index (χ4v) is 2.03. The average Bonchev–Trinajstić information content (AvgIpc) is 2.62. The van der Waals surface area contributed by atoms with Gasteiger partial charge < -0.3 is 21.1 Å². The van der Waals surface area contributed by atoms with Gasteiger partial charge in [0.25, 0.3) is 5.91 Å². The number of benzene rings is 1. The lowest BCUT2D eigenvalue weighted by molar-refractivity contribution is -0.119. The van der Waals surface area contributed by atoms with Crippen molar-refractivity contribution in [3.63, 3.8) is 0 Å². The molecule has 148 valence electrons. The van der Waals surface area contributed by atoms with Crippen LogP contribution in [0.2, 0.25) is 0 Å². The summed E-state index contributed by atoms with van der Waals surface area (Å²) in [5.74, 6) is 0.125. The zero-order valence-electron chi connectivity index (χ0n) is 15.3. The minimum atomic E-state index is -0.310. The summed E-state index contributed by atoms with van der Waals surface area (Å²) < 4.78 is 5.87. The molecule has 27 heavy (non-hydrogen) atoms. The van der Waals surface area contributed by atoms with E-state index in [1.54, 1.807) is 19.1 Å². The number of anilines is 1. The number of nitrogens with two attached hydrogens (primary N) is 1. The van der Waals surface area contributed by atoms with Crippen LogP contribution < -0.4 is 21.1 Å². The summed E-state index contributed by atoms with van der Waals surface area (Å²) in [6.07, 6.45) is 1.49. The first-order chi connectivity index (χ1) is 11.9. The number of aromatic nitrogens is 1. The molecule has 1 aromatic carbocycles. The summed E-state index contributed by atoms with van der Waals surface area (Å²) in [6, 6.07) is 8.63. The number of carbonyl (C=O) groups excluding carboxylic acids is 2. The Morgan fingerprint density at radius 1 is 1.22 bits per heavy atom. The van der Waals surface area contributed by atoms with E-state index in [-0.39, 0.29) is 54.8 Å². The van der Waals surface area contributed by atoms with Crippen molar-refractivity contribution in [3.8, 4) is 11.5 Å². The Bertz CT molecular complexity index is 787. The van der Waals surface area contributed by atoms with E-state index < -0.39 is 0 Å². The molecule has 1 heterocycles. The highest BCUT2D eigenvalue weighted by atomic mass is 35.5. The van der Waals surface area contributed by atoms with Gasteiger partial charge in [0.2, 0.25) is 5.91 Å². The molecule has 0 saturated carbocycles. The van der Waals surface area contributed by atoms with E-state index in [2.05, 4.69) is 15.6 Å². The molecule has 9 heteroatoms. The fraction of sp³-hybridized carbons (Fsp3) is 0.278. The number of ether oxygens (including phenoxy) is 1. The van der Waals surface area contributed by atoms with Crippen LogP contribution in [0.3, 0.4) is 0 Å². The largest absolute Gasteiger partial charge is 0.455 e. The standard InChI is InChI=1S/C18H22N4O3.2ClH/c1-11-4-5-14(22-17(23)12(2)10-19)16(8-11)25-13-6-7-21-15(9-13)18(24)20-3;;/h4-9,12H,10,19H2,1-3H3,(H,20,24)(H,22,23);2*1H. The van der Waals surface area contributed by atoms with Gasteiger partial charge in [0.1, 0.15) is 11.4 Å². The Morgan fingerprint density at radius 3 is 2.56 bits per heavy atom. The summed E-state index contributed by atoms with van der Waals surface area (Å²) >= 11 is 0. The van der Waals surface area contributed by atoms with Crippen LogP contribution >= 0.6 is 24.8 Å². The molecule has 7 nitrogen and oxygen atoms in total. The van der Waals surface area contributed by atoms with Crippen LogP contribution in [0.1, 0.15) is 23.0 Å². The predicted octanol–water partition coefficient (Wildman–Crippen LogP) is 2.92. The van der Waals surface area contributed by atoms with Crippen molar-refractivity contribution in [3.05, 3.63) is 47.8 Å². The van der Waals surface area contributed by atoms with Crippen molar-refractivity contribution in [2.24, 2.45) is 11.7 Å². The molecular weight excluding hydrogens is 391 g/mol. The van der Waals surface area contributed by atoms with E-state index in [1.807, 2.05) is 19.1 Å². The van der Waals surface area contributed by atoms with Gasteiger partial charge in [-0.1, -0.05) is 13.0 Å². The minimum absolute atomic E-state index is 0. The van der Waals surface area contributed by atoms with Crippen LogP contribution in [0.25, 0.3) is 0 Å². The Labute approximate surface area is 170 Å². The van der Waals surface area contributed by atoms with Gasteiger partial charge in [0, 0.05) is 31.8 Å². The second-order valence-electron chi connectivity index (χ2n) is 5.68. The van der Waals surface area contributed by atoms with Gasteiger partial charge in [-0.25, -0.2) is 0 Å². The Morgan fingerprint density at radius 2 is 1.93 bits per heavy atom. The van der Waals surface area contributed by atoms with Crippen LogP contribution in [0.15, 0.2) is 36.5 Å². The van der Waals surface area contributed by atoms with Crippen molar-refractivity contribution >= 4 is 42.3 Å². The molecule has 0 fully saturated rings. The third-order valence-corrected chi connectivity index (χ3v) is 3.62. The van der Waals surface area contributed by atoms with Gasteiger partial charge in [-0.05, 0) is 30.7 Å². The first kappa shape index (κ1) is 24.7. The number of carbonyl (C=O) groups is 2. The highest BCUT2D eigenvalue weighted by molar-refractivity contribution is 5.94. The molecule has 0 bridgehead atoms. The normalized spacial score (nSPS) is 10.7.